The Morgan fingerprint density at radius 2 is 2.00 bits per heavy atom. The number of pyridine rings is 1. The Hall–Kier alpha value is -0.990. The molecule has 0 aliphatic rings. The van der Waals surface area contributed by atoms with E-state index < -0.39 is 32.2 Å². The van der Waals surface area contributed by atoms with E-state index in [4.69, 9.17) is 22.5 Å². The van der Waals surface area contributed by atoms with Gasteiger partial charge in [0, 0.05) is 0 Å². The van der Waals surface area contributed by atoms with Crippen LogP contribution in [-0.4, -0.2) is 13.4 Å². The van der Waals surface area contributed by atoms with E-state index in [1.165, 1.54) is 0 Å². The lowest BCUT2D eigenvalue weighted by molar-refractivity contribution is 0.145. The third-order valence-electron chi connectivity index (χ3n) is 1.47. The van der Waals surface area contributed by atoms with Gasteiger partial charge in [0.25, 0.3) is 16.4 Å². The summed E-state index contributed by atoms with van der Waals surface area (Å²) in [6.07, 6.45) is -3.00. The number of hydrogen-bond acceptors (Lipinski definition) is 4. The number of anilines is 1. The summed E-state index contributed by atoms with van der Waals surface area (Å²) in [6.45, 7) is 0. The van der Waals surface area contributed by atoms with Gasteiger partial charge in [-0.2, -0.15) is 0 Å². The molecule has 0 fully saturated rings. The minimum atomic E-state index is -4.23. The summed E-state index contributed by atoms with van der Waals surface area (Å²) in [5.74, 6) is 0. The predicted octanol–water partition coefficient (Wildman–Crippen LogP) is 0.902. The van der Waals surface area contributed by atoms with Gasteiger partial charge < -0.3 is 5.73 Å². The molecule has 5 nitrogen and oxygen atoms in total. The van der Waals surface area contributed by atoms with Gasteiger partial charge in [-0.05, 0) is 6.07 Å². The fourth-order valence-electron chi connectivity index (χ4n) is 0.880. The van der Waals surface area contributed by atoms with Crippen LogP contribution in [0.15, 0.2) is 11.1 Å². The number of hydrogen-bond donors (Lipinski definition) is 2. The highest BCUT2D eigenvalue weighted by Gasteiger charge is 2.21. The smallest absolute Gasteiger partial charge is 0.281 e. The first kappa shape index (κ1) is 12.1. The minimum Gasteiger partial charge on any atom is -0.396 e. The van der Waals surface area contributed by atoms with Crippen LogP contribution in [0.4, 0.5) is 14.5 Å². The lowest BCUT2D eigenvalue weighted by atomic mass is 10.3. The summed E-state index contributed by atoms with van der Waals surface area (Å²) in [5, 5.41) is 3.51. The molecule has 1 rings (SSSR count). The summed E-state index contributed by atoms with van der Waals surface area (Å²) in [4.78, 5) is 3.12. The lowest BCUT2D eigenvalue weighted by Crippen LogP contribution is -2.17. The maximum Gasteiger partial charge on any atom is 0.281 e. The van der Waals surface area contributed by atoms with Crippen molar-refractivity contribution in [2.24, 2.45) is 5.14 Å². The van der Waals surface area contributed by atoms with E-state index >= 15 is 0 Å². The van der Waals surface area contributed by atoms with Crippen LogP contribution in [0.3, 0.4) is 0 Å². The van der Waals surface area contributed by atoms with Crippen molar-refractivity contribution >= 4 is 27.3 Å². The lowest BCUT2D eigenvalue weighted by Gasteiger charge is -2.07. The highest BCUT2D eigenvalue weighted by Crippen LogP contribution is 2.29. The fourth-order valence-corrected chi connectivity index (χ4v) is 1.74. The number of nitrogens with two attached hydrogens (primary N) is 2. The SMILES string of the molecule is Nc1cc(Cl)c(C(F)F)nc1S(N)(=O)=O. The molecule has 0 aromatic carbocycles. The van der Waals surface area contributed by atoms with Crippen molar-refractivity contribution in [3.8, 4) is 0 Å². The zero-order valence-electron chi connectivity index (χ0n) is 7.12. The predicted molar refractivity (Wildman–Crippen MR) is 50.0 cm³/mol. The van der Waals surface area contributed by atoms with Gasteiger partial charge in [-0.25, -0.2) is 27.3 Å². The Bertz CT molecular complexity index is 491. The van der Waals surface area contributed by atoms with Crippen LogP contribution in [-0.2, 0) is 10.0 Å². The van der Waals surface area contributed by atoms with E-state index in [2.05, 4.69) is 4.98 Å². The Labute approximate surface area is 89.1 Å². The Kier molecular flexibility index (Phi) is 3.12. The molecule has 0 radical (unpaired) electrons. The summed E-state index contributed by atoms with van der Waals surface area (Å²) in [5.41, 5.74) is 3.99. The van der Waals surface area contributed by atoms with E-state index in [9.17, 15) is 17.2 Å². The number of nitrogen functional groups attached to an aromatic ring is 1. The van der Waals surface area contributed by atoms with Crippen LogP contribution >= 0.6 is 11.6 Å². The Morgan fingerprint density at radius 1 is 1.47 bits per heavy atom. The normalized spacial score (nSPS) is 12.1. The second-order valence-electron chi connectivity index (χ2n) is 2.60. The number of primary sulfonamides is 1. The second-order valence-corrected chi connectivity index (χ2v) is 4.48. The average Bonchev–Trinajstić information content (AvgIpc) is 2.00. The average molecular weight is 258 g/mol. The molecule has 0 bridgehead atoms. The summed E-state index contributed by atoms with van der Waals surface area (Å²) in [7, 11) is -4.23. The number of aromatic nitrogens is 1. The third-order valence-corrected chi connectivity index (χ3v) is 2.64. The molecule has 4 N–H and O–H groups in total. The standard InChI is InChI=1S/C6H6ClF2N3O2S/c7-2-1-3(10)6(15(11,13)14)12-4(2)5(8)9/h1,5H,10H2,(H2,11,13,14). The van der Waals surface area contributed by atoms with Crippen LogP contribution in [0.25, 0.3) is 0 Å². The van der Waals surface area contributed by atoms with Gasteiger partial charge in [0.15, 0.2) is 5.03 Å². The molecule has 1 heterocycles. The first-order valence-corrected chi connectivity index (χ1v) is 5.42. The monoisotopic (exact) mass is 257 g/mol. The molecule has 0 spiro atoms. The topological polar surface area (TPSA) is 99.1 Å². The summed E-state index contributed by atoms with van der Waals surface area (Å²) in [6, 6.07) is 0.871. The molecule has 0 amide bonds. The highest BCUT2D eigenvalue weighted by atomic mass is 35.5. The molecule has 9 heteroatoms. The fraction of sp³-hybridized carbons (Fsp3) is 0.167. The largest absolute Gasteiger partial charge is 0.396 e. The number of rotatable bonds is 2. The summed E-state index contributed by atoms with van der Waals surface area (Å²) < 4.78 is 46.4. The van der Waals surface area contributed by atoms with Crippen LogP contribution in [0.2, 0.25) is 5.02 Å². The number of alkyl halides is 2. The minimum absolute atomic E-state index is 0.369. The van der Waals surface area contributed by atoms with Crippen LogP contribution in [0.5, 0.6) is 0 Å². The van der Waals surface area contributed by atoms with Gasteiger partial charge in [-0.15, -0.1) is 0 Å². The van der Waals surface area contributed by atoms with Crippen molar-refractivity contribution in [1.82, 2.24) is 4.98 Å². The van der Waals surface area contributed by atoms with E-state index in [0.717, 1.165) is 6.07 Å². The van der Waals surface area contributed by atoms with Gasteiger partial charge in [-0.1, -0.05) is 11.6 Å². The third kappa shape index (κ3) is 2.52. The first-order valence-electron chi connectivity index (χ1n) is 3.50. The van der Waals surface area contributed by atoms with Gasteiger partial charge >= 0.3 is 0 Å². The zero-order valence-corrected chi connectivity index (χ0v) is 8.69. The van der Waals surface area contributed by atoms with Crippen molar-refractivity contribution < 1.29 is 17.2 Å². The van der Waals surface area contributed by atoms with E-state index in [1.54, 1.807) is 0 Å². The van der Waals surface area contributed by atoms with E-state index in [0.29, 0.717) is 0 Å². The molecule has 0 atom stereocenters. The highest BCUT2D eigenvalue weighted by molar-refractivity contribution is 7.89. The quantitative estimate of drug-likeness (QED) is 0.822. The maximum absolute atomic E-state index is 12.3. The van der Waals surface area contributed by atoms with Crippen molar-refractivity contribution in [2.45, 2.75) is 11.5 Å². The van der Waals surface area contributed by atoms with Crippen molar-refractivity contribution in [3.63, 3.8) is 0 Å². The van der Waals surface area contributed by atoms with Crippen LogP contribution in [0.1, 0.15) is 12.1 Å². The molecular formula is C6H6ClF2N3O2S. The van der Waals surface area contributed by atoms with E-state index in [1.807, 2.05) is 0 Å². The Morgan fingerprint density at radius 3 is 2.40 bits per heavy atom. The number of sulfonamides is 1. The van der Waals surface area contributed by atoms with Gasteiger partial charge in [-0.3, -0.25) is 0 Å². The first-order chi connectivity index (χ1) is 6.73. The summed E-state index contributed by atoms with van der Waals surface area (Å²) >= 11 is 5.39. The van der Waals surface area contributed by atoms with Gasteiger partial charge in [0.05, 0.1) is 10.7 Å². The molecule has 0 unspecified atom stereocenters. The molecular weight excluding hydrogens is 252 g/mol. The molecule has 0 saturated carbocycles. The molecule has 84 valence electrons. The number of nitrogens with zero attached hydrogens (tertiary/aromatic N) is 1. The molecule has 0 aliphatic heterocycles. The van der Waals surface area contributed by atoms with Crippen molar-refractivity contribution in [3.05, 3.63) is 16.8 Å². The van der Waals surface area contributed by atoms with E-state index in [-0.39, 0.29) is 5.69 Å². The second kappa shape index (κ2) is 3.87. The van der Waals surface area contributed by atoms with Gasteiger partial charge in [0.1, 0.15) is 5.69 Å². The molecule has 0 aliphatic carbocycles. The van der Waals surface area contributed by atoms with Gasteiger partial charge in [0.2, 0.25) is 0 Å². The Balaban J connectivity index is 3.50. The molecule has 0 saturated heterocycles. The van der Waals surface area contributed by atoms with Crippen LogP contribution < -0.4 is 10.9 Å². The zero-order chi connectivity index (χ0) is 11.8. The molecule has 15 heavy (non-hydrogen) atoms. The molecule has 1 aromatic heterocycles. The van der Waals surface area contributed by atoms with Crippen molar-refractivity contribution in [2.75, 3.05) is 5.73 Å². The number of halogens is 3. The van der Waals surface area contributed by atoms with Crippen LogP contribution in [0, 0.1) is 0 Å². The maximum atomic E-state index is 12.3. The van der Waals surface area contributed by atoms with Crippen molar-refractivity contribution in [1.29, 1.82) is 0 Å². The molecule has 1 aromatic rings.